The zero-order chi connectivity index (χ0) is 18.5. The van der Waals surface area contributed by atoms with Crippen molar-refractivity contribution >= 4 is 43.5 Å². The van der Waals surface area contributed by atoms with E-state index in [2.05, 4.69) is 74.0 Å². The van der Waals surface area contributed by atoms with Gasteiger partial charge in [-0.05, 0) is 68.4 Å². The van der Waals surface area contributed by atoms with E-state index in [0.29, 0.717) is 0 Å². The van der Waals surface area contributed by atoms with Crippen molar-refractivity contribution in [3.05, 3.63) is 70.2 Å². The van der Waals surface area contributed by atoms with Crippen molar-refractivity contribution in [2.45, 2.75) is 39.5 Å². The van der Waals surface area contributed by atoms with Crippen LogP contribution in [0.15, 0.2) is 48.5 Å². The Kier molecular flexibility index (Phi) is 3.98. The van der Waals surface area contributed by atoms with E-state index in [-0.39, 0.29) is 0 Å². The van der Waals surface area contributed by atoms with Crippen LogP contribution in [0.4, 0.5) is 0 Å². The highest BCUT2D eigenvalue weighted by atomic mass is 32.1. The Morgan fingerprint density at radius 2 is 1.41 bits per heavy atom. The Labute approximate surface area is 165 Å². The van der Waals surface area contributed by atoms with Crippen LogP contribution in [0, 0.1) is 13.8 Å². The maximum absolute atomic E-state index is 2.36. The van der Waals surface area contributed by atoms with E-state index in [4.69, 9.17) is 0 Å². The summed E-state index contributed by atoms with van der Waals surface area (Å²) in [6, 6.07) is 17.8. The predicted molar refractivity (Wildman–Crippen MR) is 120 cm³/mol. The molecule has 1 nitrogen and oxygen atoms in total. The Bertz CT molecular complexity index is 1200. The first kappa shape index (κ1) is 16.8. The van der Waals surface area contributed by atoms with Crippen molar-refractivity contribution in [1.82, 2.24) is 4.57 Å². The molecule has 27 heavy (non-hydrogen) atoms. The summed E-state index contributed by atoms with van der Waals surface area (Å²) in [7, 11) is 2.20. The minimum atomic E-state index is 1.19. The maximum Gasteiger partial charge on any atom is 0.0486 e. The average molecular weight is 372 g/mol. The van der Waals surface area contributed by atoms with Gasteiger partial charge in [0.25, 0.3) is 0 Å². The quantitative estimate of drug-likeness (QED) is 0.344. The largest absolute Gasteiger partial charge is 0.347 e. The van der Waals surface area contributed by atoms with Crippen LogP contribution in [0.3, 0.4) is 0 Å². The molecule has 5 rings (SSSR count). The molecule has 4 aromatic rings. The van der Waals surface area contributed by atoms with Crippen molar-refractivity contribution in [3.8, 4) is 0 Å². The standard InChI is InChI=1S/C25H25NS/c1-16-24(20-12-6-8-14-22(20)26(16)3)18-10-4-5-11-19(18)25-17(2)27-23-15-9-7-13-21(23)25/h6-9,12-15H,4-5,10-11H2,1-3H3. The molecule has 0 saturated heterocycles. The third kappa shape index (κ3) is 2.50. The molecule has 0 bridgehead atoms. The second kappa shape index (κ2) is 6.38. The van der Waals surface area contributed by atoms with Gasteiger partial charge in [0, 0.05) is 44.2 Å². The third-order valence-electron chi connectivity index (χ3n) is 6.24. The topological polar surface area (TPSA) is 4.93 Å². The number of benzene rings is 2. The Hall–Kier alpha value is -2.32. The number of hydrogen-bond acceptors (Lipinski definition) is 1. The van der Waals surface area contributed by atoms with Gasteiger partial charge in [0.2, 0.25) is 0 Å². The number of fused-ring (bicyclic) bond motifs is 2. The molecule has 136 valence electrons. The lowest BCUT2D eigenvalue weighted by atomic mass is 9.82. The van der Waals surface area contributed by atoms with Gasteiger partial charge in [-0.15, -0.1) is 11.3 Å². The molecule has 0 aliphatic heterocycles. The highest BCUT2D eigenvalue weighted by Gasteiger charge is 2.24. The van der Waals surface area contributed by atoms with Crippen molar-refractivity contribution in [3.63, 3.8) is 0 Å². The molecule has 2 aromatic carbocycles. The zero-order valence-corrected chi connectivity index (χ0v) is 17.1. The lowest BCUT2D eigenvalue weighted by Crippen LogP contribution is -2.01. The van der Waals surface area contributed by atoms with Crippen molar-refractivity contribution in [2.75, 3.05) is 0 Å². The van der Waals surface area contributed by atoms with E-state index < -0.39 is 0 Å². The lowest BCUT2D eigenvalue weighted by Gasteiger charge is -2.22. The smallest absolute Gasteiger partial charge is 0.0486 e. The summed E-state index contributed by atoms with van der Waals surface area (Å²) in [5.41, 5.74) is 8.91. The van der Waals surface area contributed by atoms with Crippen LogP contribution in [0.2, 0.25) is 0 Å². The molecule has 1 aliphatic carbocycles. The first-order valence-electron chi connectivity index (χ1n) is 9.91. The molecule has 0 fully saturated rings. The van der Waals surface area contributed by atoms with Gasteiger partial charge < -0.3 is 4.57 Å². The summed E-state index contributed by atoms with van der Waals surface area (Å²) >= 11 is 1.94. The van der Waals surface area contributed by atoms with E-state index in [9.17, 15) is 0 Å². The van der Waals surface area contributed by atoms with E-state index in [1.807, 2.05) is 11.3 Å². The molecular weight excluding hydrogens is 346 g/mol. The fraction of sp³-hybridized carbons (Fsp3) is 0.280. The van der Waals surface area contributed by atoms with Crippen molar-refractivity contribution < 1.29 is 0 Å². The van der Waals surface area contributed by atoms with E-state index in [0.717, 1.165) is 0 Å². The van der Waals surface area contributed by atoms with Crippen molar-refractivity contribution in [2.24, 2.45) is 7.05 Å². The molecule has 0 spiro atoms. The summed E-state index contributed by atoms with van der Waals surface area (Å²) in [6.45, 7) is 4.59. The van der Waals surface area contributed by atoms with Crippen LogP contribution in [-0.4, -0.2) is 4.57 Å². The molecule has 2 heterocycles. The van der Waals surface area contributed by atoms with Crippen LogP contribution in [0.1, 0.15) is 47.4 Å². The van der Waals surface area contributed by atoms with Crippen molar-refractivity contribution in [1.29, 1.82) is 0 Å². The average Bonchev–Trinajstić information content (AvgIpc) is 3.16. The van der Waals surface area contributed by atoms with Gasteiger partial charge in [-0.2, -0.15) is 0 Å². The highest BCUT2D eigenvalue weighted by molar-refractivity contribution is 7.19. The number of thiophene rings is 1. The van der Waals surface area contributed by atoms with Crippen LogP contribution in [-0.2, 0) is 7.05 Å². The monoisotopic (exact) mass is 371 g/mol. The molecule has 0 atom stereocenters. The number of aryl methyl sites for hydroxylation is 2. The van der Waals surface area contributed by atoms with Crippen LogP contribution in [0.5, 0.6) is 0 Å². The first-order valence-corrected chi connectivity index (χ1v) is 10.7. The number of rotatable bonds is 2. The molecule has 0 saturated carbocycles. The van der Waals surface area contributed by atoms with Gasteiger partial charge in [0.15, 0.2) is 0 Å². The lowest BCUT2D eigenvalue weighted by molar-refractivity contribution is 0.752. The summed E-state index contributed by atoms with van der Waals surface area (Å²) in [5.74, 6) is 0. The van der Waals surface area contributed by atoms with Gasteiger partial charge in [0.1, 0.15) is 0 Å². The highest BCUT2D eigenvalue weighted by Crippen LogP contribution is 2.46. The Morgan fingerprint density at radius 1 is 0.778 bits per heavy atom. The minimum Gasteiger partial charge on any atom is -0.347 e. The zero-order valence-electron chi connectivity index (χ0n) is 16.3. The van der Waals surface area contributed by atoms with Gasteiger partial charge in [-0.1, -0.05) is 36.4 Å². The number of hydrogen-bond donors (Lipinski definition) is 0. The summed E-state index contributed by atoms with van der Waals surface area (Å²) in [4.78, 5) is 1.46. The maximum atomic E-state index is 2.36. The molecule has 0 amide bonds. The fourth-order valence-electron chi connectivity index (χ4n) is 4.90. The number of para-hydroxylation sites is 1. The van der Waals surface area contributed by atoms with Gasteiger partial charge in [0.05, 0.1) is 0 Å². The van der Waals surface area contributed by atoms with Crippen LogP contribution < -0.4 is 0 Å². The molecule has 1 aliphatic rings. The summed E-state index contributed by atoms with van der Waals surface area (Å²) < 4.78 is 3.78. The molecule has 0 N–H and O–H groups in total. The van der Waals surface area contributed by atoms with Gasteiger partial charge in [-0.25, -0.2) is 0 Å². The molecule has 2 aromatic heterocycles. The van der Waals surface area contributed by atoms with Crippen LogP contribution in [0.25, 0.3) is 32.1 Å². The summed E-state index contributed by atoms with van der Waals surface area (Å²) in [5, 5.41) is 2.84. The number of nitrogens with zero attached hydrogens (tertiary/aromatic N) is 1. The van der Waals surface area contributed by atoms with E-state index >= 15 is 0 Å². The van der Waals surface area contributed by atoms with E-state index in [1.165, 1.54) is 68.4 Å². The Morgan fingerprint density at radius 3 is 2.19 bits per heavy atom. The second-order valence-corrected chi connectivity index (χ2v) is 8.99. The second-order valence-electron chi connectivity index (χ2n) is 7.73. The fourth-order valence-corrected chi connectivity index (χ4v) is 5.99. The molecule has 2 heteroatoms. The molecular formula is C25H25NS. The molecule has 0 radical (unpaired) electrons. The molecule has 0 unspecified atom stereocenters. The van der Waals surface area contributed by atoms with E-state index in [1.54, 1.807) is 11.1 Å². The minimum absolute atomic E-state index is 1.19. The predicted octanol–water partition coefficient (Wildman–Crippen LogP) is 7.49. The van der Waals surface area contributed by atoms with Crippen LogP contribution >= 0.6 is 11.3 Å². The third-order valence-corrected chi connectivity index (χ3v) is 7.33. The normalized spacial score (nSPS) is 15.2. The Balaban J connectivity index is 1.86. The SMILES string of the molecule is Cc1sc2ccccc2c1C1=C(c2c(C)n(C)c3ccccc23)CCCC1. The summed E-state index contributed by atoms with van der Waals surface area (Å²) in [6.07, 6.45) is 4.97. The number of aromatic nitrogens is 1. The van der Waals surface area contributed by atoms with Gasteiger partial charge in [-0.3, -0.25) is 0 Å². The first-order chi connectivity index (χ1) is 13.2. The number of allylic oxidation sites excluding steroid dienone is 2. The van der Waals surface area contributed by atoms with Gasteiger partial charge >= 0.3 is 0 Å².